The Morgan fingerprint density at radius 3 is 2.92 bits per heavy atom. The van der Waals surface area contributed by atoms with Crippen molar-refractivity contribution in [3.8, 4) is 0 Å². The van der Waals surface area contributed by atoms with E-state index in [0.29, 0.717) is 30.5 Å². The van der Waals surface area contributed by atoms with E-state index in [1.54, 1.807) is 30.1 Å². The van der Waals surface area contributed by atoms with E-state index in [4.69, 9.17) is 9.47 Å². The maximum Gasteiger partial charge on any atom is 0.211 e. The predicted molar refractivity (Wildman–Crippen MR) is 150 cm³/mol. The number of ether oxygens (including phenoxy) is 2. The number of halogens is 1. The van der Waals surface area contributed by atoms with Gasteiger partial charge in [0.05, 0.1) is 56.0 Å². The second-order valence-electron chi connectivity index (χ2n) is 9.34. The highest BCUT2D eigenvalue weighted by molar-refractivity contribution is 5.88. The van der Waals surface area contributed by atoms with Gasteiger partial charge in [0, 0.05) is 30.3 Å². The first-order valence-corrected chi connectivity index (χ1v) is 12.9. The largest absolute Gasteiger partial charge is 0.383 e. The lowest BCUT2D eigenvalue weighted by Gasteiger charge is -2.22. The van der Waals surface area contributed by atoms with Gasteiger partial charge in [-0.05, 0) is 42.8 Å². The number of anilines is 3. The number of morpholine rings is 1. The van der Waals surface area contributed by atoms with E-state index in [1.807, 2.05) is 35.9 Å². The van der Waals surface area contributed by atoms with Gasteiger partial charge in [0.2, 0.25) is 6.41 Å². The molecule has 11 nitrogen and oxygen atoms in total. The SMILES string of the molecule is COCC1COCCN1.Cc1c(NC=O)cn2ncnc(Nc3ccc4c(cnn4Cc4cccc(F)c4)c3)c12. The fourth-order valence-corrected chi connectivity index (χ4v) is 4.62. The number of rotatable bonds is 8. The average Bonchev–Trinajstić information content (AvgIpc) is 3.50. The molecule has 6 rings (SSSR count). The zero-order valence-electron chi connectivity index (χ0n) is 22.3. The third kappa shape index (κ3) is 6.25. The van der Waals surface area contributed by atoms with Crippen LogP contribution in [0.5, 0.6) is 0 Å². The highest BCUT2D eigenvalue weighted by Crippen LogP contribution is 2.29. The molecular weight excluding hydrogens is 515 g/mol. The Kier molecular flexibility index (Phi) is 8.59. The van der Waals surface area contributed by atoms with Crippen molar-refractivity contribution in [3.05, 3.63) is 78.1 Å². The van der Waals surface area contributed by atoms with Crippen molar-refractivity contribution < 1.29 is 18.7 Å². The van der Waals surface area contributed by atoms with Gasteiger partial charge in [-0.25, -0.2) is 13.9 Å². The van der Waals surface area contributed by atoms with Crippen LogP contribution in [0.2, 0.25) is 0 Å². The number of benzene rings is 2. The Balaban J connectivity index is 0.000000306. The summed E-state index contributed by atoms with van der Waals surface area (Å²) >= 11 is 0. The second-order valence-corrected chi connectivity index (χ2v) is 9.34. The molecule has 0 saturated carbocycles. The Labute approximate surface area is 230 Å². The normalized spacial score (nSPS) is 15.0. The van der Waals surface area contributed by atoms with Gasteiger partial charge in [-0.2, -0.15) is 10.2 Å². The fourth-order valence-electron chi connectivity index (χ4n) is 4.62. The molecule has 1 fully saturated rings. The summed E-state index contributed by atoms with van der Waals surface area (Å²) in [6, 6.07) is 12.8. The minimum Gasteiger partial charge on any atom is -0.383 e. The van der Waals surface area contributed by atoms with Crippen molar-refractivity contribution in [1.29, 1.82) is 0 Å². The minimum atomic E-state index is -0.260. The lowest BCUT2D eigenvalue weighted by atomic mass is 10.2. The van der Waals surface area contributed by atoms with Crippen LogP contribution in [0.3, 0.4) is 0 Å². The van der Waals surface area contributed by atoms with Crippen LogP contribution in [-0.4, -0.2) is 70.3 Å². The molecule has 0 bridgehead atoms. The summed E-state index contributed by atoms with van der Waals surface area (Å²) in [6.45, 7) is 5.70. The van der Waals surface area contributed by atoms with E-state index in [0.717, 1.165) is 59.6 Å². The predicted octanol–water partition coefficient (Wildman–Crippen LogP) is 3.51. The number of hydrogen-bond acceptors (Lipinski definition) is 8. The quantitative estimate of drug-likeness (QED) is 0.253. The number of hydrogen-bond donors (Lipinski definition) is 3. The first-order chi connectivity index (χ1) is 19.6. The number of amides is 1. The van der Waals surface area contributed by atoms with Gasteiger partial charge in [-0.1, -0.05) is 12.1 Å². The lowest BCUT2D eigenvalue weighted by Crippen LogP contribution is -2.43. The van der Waals surface area contributed by atoms with Crippen LogP contribution in [0.4, 0.5) is 21.6 Å². The molecule has 1 saturated heterocycles. The van der Waals surface area contributed by atoms with Crippen molar-refractivity contribution in [2.24, 2.45) is 0 Å². The van der Waals surface area contributed by atoms with Gasteiger partial charge >= 0.3 is 0 Å². The Morgan fingerprint density at radius 2 is 2.15 bits per heavy atom. The Hall–Kier alpha value is -4.39. The van der Waals surface area contributed by atoms with E-state index in [1.165, 1.54) is 18.5 Å². The van der Waals surface area contributed by atoms with Crippen LogP contribution in [-0.2, 0) is 20.8 Å². The smallest absolute Gasteiger partial charge is 0.211 e. The summed E-state index contributed by atoms with van der Waals surface area (Å²) in [5.74, 6) is 0.363. The number of carbonyl (C=O) groups excluding carboxylic acids is 1. The molecule has 0 radical (unpaired) electrons. The van der Waals surface area contributed by atoms with Gasteiger partial charge in [0.15, 0.2) is 5.82 Å². The van der Waals surface area contributed by atoms with Crippen LogP contribution in [0.1, 0.15) is 11.1 Å². The second kappa shape index (κ2) is 12.6. The first-order valence-electron chi connectivity index (χ1n) is 12.9. The summed E-state index contributed by atoms with van der Waals surface area (Å²) in [4.78, 5) is 15.2. The van der Waals surface area contributed by atoms with E-state index >= 15 is 0 Å². The van der Waals surface area contributed by atoms with Gasteiger partial charge < -0.3 is 25.4 Å². The van der Waals surface area contributed by atoms with E-state index in [2.05, 4.69) is 31.1 Å². The van der Waals surface area contributed by atoms with Gasteiger partial charge in [0.25, 0.3) is 0 Å². The molecule has 12 heteroatoms. The van der Waals surface area contributed by atoms with E-state index in [9.17, 15) is 9.18 Å². The summed E-state index contributed by atoms with van der Waals surface area (Å²) in [7, 11) is 1.70. The van der Waals surface area contributed by atoms with E-state index in [-0.39, 0.29) is 5.82 Å². The van der Waals surface area contributed by atoms with Crippen LogP contribution >= 0.6 is 0 Å². The molecule has 1 atom stereocenters. The standard InChI is InChI=1S/C22H18FN7O.C6H13NO2/c1-14-19(25-13-31)11-30-21(14)22(24-12-27-30)28-18-5-6-20-16(8-18)9-26-29(20)10-15-3-2-4-17(23)7-15;1-8-4-6-5-9-3-2-7-6/h2-9,11-13H,10H2,1H3,(H,25,31)(H,24,27,28);6-7H,2-5H2,1H3. The molecular formula is C28H31FN8O3. The van der Waals surface area contributed by atoms with Gasteiger partial charge in [-0.3, -0.25) is 9.48 Å². The van der Waals surface area contributed by atoms with Crippen molar-refractivity contribution in [2.75, 3.05) is 44.1 Å². The molecule has 2 aromatic carbocycles. The number of nitrogens with one attached hydrogen (secondary N) is 3. The monoisotopic (exact) mass is 546 g/mol. The molecule has 0 aliphatic carbocycles. The first kappa shape index (κ1) is 27.2. The zero-order valence-corrected chi connectivity index (χ0v) is 22.3. The number of fused-ring (bicyclic) bond motifs is 2. The summed E-state index contributed by atoms with van der Waals surface area (Å²) in [5, 5.41) is 18.9. The minimum absolute atomic E-state index is 0.260. The summed E-state index contributed by atoms with van der Waals surface area (Å²) in [6.07, 6.45) is 5.61. The summed E-state index contributed by atoms with van der Waals surface area (Å²) < 4.78 is 27.1. The van der Waals surface area contributed by atoms with Crippen LogP contribution in [0.25, 0.3) is 16.4 Å². The molecule has 1 unspecified atom stereocenters. The Bertz CT molecular complexity index is 1590. The average molecular weight is 547 g/mol. The topological polar surface area (TPSA) is 120 Å². The number of aromatic nitrogens is 5. The molecule has 1 aliphatic heterocycles. The maximum atomic E-state index is 13.5. The third-order valence-corrected chi connectivity index (χ3v) is 6.53. The lowest BCUT2D eigenvalue weighted by molar-refractivity contribution is -0.105. The van der Waals surface area contributed by atoms with Crippen molar-refractivity contribution >= 4 is 40.0 Å². The van der Waals surface area contributed by atoms with Gasteiger partial charge in [0.1, 0.15) is 17.7 Å². The number of methoxy groups -OCH3 is 1. The third-order valence-electron chi connectivity index (χ3n) is 6.53. The van der Waals surface area contributed by atoms with Crippen LogP contribution < -0.4 is 16.0 Å². The maximum absolute atomic E-state index is 13.5. The zero-order chi connectivity index (χ0) is 27.9. The molecule has 1 aliphatic rings. The van der Waals surface area contributed by atoms with Crippen molar-refractivity contribution in [3.63, 3.8) is 0 Å². The fraction of sp³-hybridized carbons (Fsp3) is 0.286. The highest BCUT2D eigenvalue weighted by atomic mass is 19.1. The summed E-state index contributed by atoms with van der Waals surface area (Å²) in [5.41, 5.74) is 4.93. The molecule has 40 heavy (non-hydrogen) atoms. The molecule has 208 valence electrons. The van der Waals surface area contributed by atoms with Crippen molar-refractivity contribution in [2.45, 2.75) is 19.5 Å². The van der Waals surface area contributed by atoms with Gasteiger partial charge in [-0.15, -0.1) is 0 Å². The number of nitrogens with zero attached hydrogens (tertiary/aromatic N) is 5. The molecule has 4 heterocycles. The van der Waals surface area contributed by atoms with Crippen molar-refractivity contribution in [1.82, 2.24) is 29.7 Å². The molecule has 3 aromatic heterocycles. The number of carbonyl (C=O) groups is 1. The van der Waals surface area contributed by atoms with E-state index < -0.39 is 0 Å². The molecule has 0 spiro atoms. The highest BCUT2D eigenvalue weighted by Gasteiger charge is 2.14. The van der Waals surface area contributed by atoms with Crippen LogP contribution in [0.15, 0.2) is 61.2 Å². The van der Waals surface area contributed by atoms with Crippen LogP contribution in [0, 0.1) is 12.7 Å². The molecule has 5 aromatic rings. The number of aryl methyl sites for hydroxylation is 1. The molecule has 1 amide bonds. The Morgan fingerprint density at radius 1 is 1.25 bits per heavy atom. The molecule has 3 N–H and O–H groups in total.